The Labute approximate surface area is 106 Å². The zero-order chi connectivity index (χ0) is 12.3. The zero-order valence-corrected chi connectivity index (χ0v) is 11.6. The first kappa shape index (κ1) is 12.8. The lowest BCUT2D eigenvalue weighted by atomic mass is 9.74. The van der Waals surface area contributed by atoms with Crippen LogP contribution in [0.5, 0.6) is 0 Å². The van der Waals surface area contributed by atoms with Gasteiger partial charge in [-0.05, 0) is 32.1 Å². The smallest absolute Gasteiger partial charge is 0.0445 e. The summed E-state index contributed by atoms with van der Waals surface area (Å²) in [6, 6.07) is 0. The molecule has 0 aromatic carbocycles. The van der Waals surface area contributed by atoms with Crippen LogP contribution in [0.2, 0.25) is 0 Å². The molecule has 96 valence electrons. The van der Waals surface area contributed by atoms with Gasteiger partial charge in [0.05, 0.1) is 0 Å². The molecule has 2 nitrogen and oxygen atoms in total. The fourth-order valence-electron chi connectivity index (χ4n) is 3.29. The van der Waals surface area contributed by atoms with Gasteiger partial charge < -0.3 is 0 Å². The number of hydrogen-bond donors (Lipinski definition) is 0. The normalized spacial score (nSPS) is 30.1. The summed E-state index contributed by atoms with van der Waals surface area (Å²) in [6.07, 6.45) is 9.38. The first-order valence-corrected chi connectivity index (χ1v) is 7.29. The Balaban J connectivity index is 2.15. The van der Waals surface area contributed by atoms with Crippen LogP contribution in [-0.4, -0.2) is 11.4 Å². The minimum absolute atomic E-state index is 0.696. The van der Waals surface area contributed by atoms with Crippen LogP contribution in [-0.2, 0) is 0 Å². The SMILES string of the molecule is CC1=NN=C(CC(C)C)C2CCCCCCC12. The summed E-state index contributed by atoms with van der Waals surface area (Å²) in [4.78, 5) is 0. The molecular formula is C15H26N2. The highest BCUT2D eigenvalue weighted by atomic mass is 15.2. The quantitative estimate of drug-likeness (QED) is 0.674. The van der Waals surface area contributed by atoms with E-state index >= 15 is 0 Å². The van der Waals surface area contributed by atoms with E-state index < -0.39 is 0 Å². The number of fused-ring (bicyclic) bond motifs is 1. The summed E-state index contributed by atoms with van der Waals surface area (Å²) in [6.45, 7) is 6.74. The maximum Gasteiger partial charge on any atom is 0.0445 e. The molecule has 17 heavy (non-hydrogen) atoms. The van der Waals surface area contributed by atoms with Crippen molar-refractivity contribution >= 4 is 11.4 Å². The van der Waals surface area contributed by atoms with Gasteiger partial charge in [-0.1, -0.05) is 39.5 Å². The van der Waals surface area contributed by atoms with Gasteiger partial charge in [0.1, 0.15) is 0 Å². The molecule has 0 radical (unpaired) electrons. The fourth-order valence-corrected chi connectivity index (χ4v) is 3.29. The maximum atomic E-state index is 4.51. The van der Waals surface area contributed by atoms with Crippen molar-refractivity contribution in [3.8, 4) is 0 Å². The van der Waals surface area contributed by atoms with Gasteiger partial charge in [0.2, 0.25) is 0 Å². The molecule has 0 spiro atoms. The summed E-state index contributed by atoms with van der Waals surface area (Å²) >= 11 is 0. The van der Waals surface area contributed by atoms with E-state index in [9.17, 15) is 0 Å². The van der Waals surface area contributed by atoms with E-state index in [0.717, 1.165) is 6.42 Å². The third-order valence-corrected chi connectivity index (χ3v) is 4.18. The van der Waals surface area contributed by atoms with Gasteiger partial charge in [-0.3, -0.25) is 0 Å². The van der Waals surface area contributed by atoms with E-state index in [0.29, 0.717) is 17.8 Å². The Bertz CT molecular complexity index is 315. The van der Waals surface area contributed by atoms with E-state index in [2.05, 4.69) is 31.0 Å². The second kappa shape index (κ2) is 5.79. The number of nitrogens with zero attached hydrogens (tertiary/aromatic N) is 2. The molecule has 2 atom stereocenters. The predicted octanol–water partition coefficient (Wildman–Crippen LogP) is 4.45. The van der Waals surface area contributed by atoms with Gasteiger partial charge in [0.15, 0.2) is 0 Å². The molecule has 0 N–H and O–H groups in total. The van der Waals surface area contributed by atoms with Crippen molar-refractivity contribution in [2.45, 2.75) is 65.7 Å². The summed E-state index contributed by atoms with van der Waals surface area (Å²) in [7, 11) is 0. The van der Waals surface area contributed by atoms with E-state index in [4.69, 9.17) is 0 Å². The Morgan fingerprint density at radius 1 is 1.00 bits per heavy atom. The molecule has 1 fully saturated rings. The summed E-state index contributed by atoms with van der Waals surface area (Å²) in [5, 5.41) is 8.94. The first-order valence-electron chi connectivity index (χ1n) is 7.29. The van der Waals surface area contributed by atoms with Crippen molar-refractivity contribution in [3.05, 3.63) is 0 Å². The molecule has 2 heteroatoms. The van der Waals surface area contributed by atoms with Crippen LogP contribution in [0.15, 0.2) is 10.2 Å². The van der Waals surface area contributed by atoms with Gasteiger partial charge in [-0.2, -0.15) is 10.2 Å². The average Bonchev–Trinajstić information content (AvgIpc) is 2.22. The molecule has 1 aliphatic heterocycles. The number of rotatable bonds is 2. The highest BCUT2D eigenvalue weighted by Crippen LogP contribution is 2.34. The van der Waals surface area contributed by atoms with Gasteiger partial charge in [0.25, 0.3) is 0 Å². The lowest BCUT2D eigenvalue weighted by Crippen LogP contribution is -2.33. The average molecular weight is 234 g/mol. The van der Waals surface area contributed by atoms with Gasteiger partial charge >= 0.3 is 0 Å². The Morgan fingerprint density at radius 2 is 1.65 bits per heavy atom. The molecule has 1 saturated carbocycles. The number of hydrogen-bond acceptors (Lipinski definition) is 2. The molecule has 2 rings (SSSR count). The van der Waals surface area contributed by atoms with Crippen molar-refractivity contribution in [2.75, 3.05) is 0 Å². The zero-order valence-electron chi connectivity index (χ0n) is 11.6. The van der Waals surface area contributed by atoms with Crippen molar-refractivity contribution < 1.29 is 0 Å². The summed E-state index contributed by atoms with van der Waals surface area (Å²) < 4.78 is 0. The van der Waals surface area contributed by atoms with E-state index in [1.807, 2.05) is 0 Å². The molecule has 0 aromatic rings. The van der Waals surface area contributed by atoms with Crippen LogP contribution in [0.4, 0.5) is 0 Å². The second-order valence-corrected chi connectivity index (χ2v) is 6.14. The molecule has 0 bridgehead atoms. The van der Waals surface area contributed by atoms with Crippen LogP contribution in [0, 0.1) is 17.8 Å². The monoisotopic (exact) mass is 234 g/mol. The lowest BCUT2D eigenvalue weighted by molar-refractivity contribution is 0.383. The van der Waals surface area contributed by atoms with Crippen LogP contribution in [0.1, 0.15) is 65.7 Å². The van der Waals surface area contributed by atoms with Crippen molar-refractivity contribution in [1.82, 2.24) is 0 Å². The predicted molar refractivity (Wildman–Crippen MR) is 74.7 cm³/mol. The third kappa shape index (κ3) is 3.17. The lowest BCUT2D eigenvalue weighted by Gasteiger charge is -2.32. The Morgan fingerprint density at radius 3 is 2.29 bits per heavy atom. The van der Waals surface area contributed by atoms with Crippen LogP contribution < -0.4 is 0 Å². The standard InChI is InChI=1S/C15H26N2/c1-11(2)10-15-14-9-7-5-4-6-8-13(14)12(3)16-17-15/h11,13-14H,4-10H2,1-3H3. The molecule has 0 aromatic heterocycles. The topological polar surface area (TPSA) is 24.7 Å². The van der Waals surface area contributed by atoms with Crippen molar-refractivity contribution in [3.63, 3.8) is 0 Å². The molecule has 1 aliphatic carbocycles. The largest absolute Gasteiger partial charge is 0.160 e. The second-order valence-electron chi connectivity index (χ2n) is 6.14. The Hall–Kier alpha value is -0.660. The van der Waals surface area contributed by atoms with Gasteiger partial charge in [-0.25, -0.2) is 0 Å². The van der Waals surface area contributed by atoms with Gasteiger partial charge in [0, 0.05) is 23.3 Å². The van der Waals surface area contributed by atoms with E-state index in [1.165, 1.54) is 49.9 Å². The van der Waals surface area contributed by atoms with Crippen molar-refractivity contribution in [1.29, 1.82) is 0 Å². The minimum atomic E-state index is 0.696. The maximum absolute atomic E-state index is 4.51. The highest BCUT2D eigenvalue weighted by Gasteiger charge is 2.31. The molecule has 2 aliphatic rings. The molecule has 0 saturated heterocycles. The van der Waals surface area contributed by atoms with Crippen LogP contribution in [0.3, 0.4) is 0 Å². The third-order valence-electron chi connectivity index (χ3n) is 4.18. The van der Waals surface area contributed by atoms with Gasteiger partial charge in [-0.15, -0.1) is 0 Å². The first-order chi connectivity index (χ1) is 8.18. The van der Waals surface area contributed by atoms with Crippen LogP contribution >= 0.6 is 0 Å². The summed E-state index contributed by atoms with van der Waals surface area (Å²) in [5.74, 6) is 2.10. The molecule has 1 heterocycles. The molecule has 0 amide bonds. The molecule has 2 unspecified atom stereocenters. The van der Waals surface area contributed by atoms with Crippen LogP contribution in [0.25, 0.3) is 0 Å². The highest BCUT2D eigenvalue weighted by molar-refractivity contribution is 5.97. The van der Waals surface area contributed by atoms with E-state index in [1.54, 1.807) is 0 Å². The van der Waals surface area contributed by atoms with E-state index in [-0.39, 0.29) is 0 Å². The Kier molecular flexibility index (Phi) is 4.36. The fraction of sp³-hybridized carbons (Fsp3) is 0.867. The van der Waals surface area contributed by atoms with Crippen molar-refractivity contribution in [2.24, 2.45) is 28.0 Å². The summed E-state index contributed by atoms with van der Waals surface area (Å²) in [5.41, 5.74) is 2.67. The molecular weight excluding hydrogens is 208 g/mol. The minimum Gasteiger partial charge on any atom is -0.160 e.